The van der Waals surface area contributed by atoms with Gasteiger partial charge in [0.2, 0.25) is 0 Å². The summed E-state index contributed by atoms with van der Waals surface area (Å²) in [6.07, 6.45) is 3.52. The SMILES string of the molecule is CCCNc1cc(C)ncc1C(=O)Nc1ccc(F)cn1. The molecule has 0 saturated carbocycles. The Morgan fingerprint density at radius 3 is 2.76 bits per heavy atom. The number of anilines is 2. The molecule has 0 aliphatic rings. The number of hydrogen-bond acceptors (Lipinski definition) is 4. The van der Waals surface area contributed by atoms with E-state index in [-0.39, 0.29) is 5.91 Å². The minimum Gasteiger partial charge on any atom is -0.384 e. The molecule has 0 bridgehead atoms. The van der Waals surface area contributed by atoms with E-state index in [4.69, 9.17) is 0 Å². The fourth-order valence-corrected chi connectivity index (χ4v) is 1.78. The molecule has 2 N–H and O–H groups in total. The Bertz CT molecular complexity index is 628. The summed E-state index contributed by atoms with van der Waals surface area (Å²) in [5, 5.41) is 5.82. The fraction of sp³-hybridized carbons (Fsp3) is 0.267. The number of nitrogens with zero attached hydrogens (tertiary/aromatic N) is 2. The predicted molar refractivity (Wildman–Crippen MR) is 79.9 cm³/mol. The van der Waals surface area contributed by atoms with Crippen molar-refractivity contribution >= 4 is 17.4 Å². The zero-order valence-corrected chi connectivity index (χ0v) is 12.0. The monoisotopic (exact) mass is 288 g/mol. The number of pyridine rings is 2. The average Bonchev–Trinajstić information content (AvgIpc) is 2.47. The Labute approximate surface area is 122 Å². The number of aryl methyl sites for hydroxylation is 1. The van der Waals surface area contributed by atoms with E-state index < -0.39 is 5.82 Å². The van der Waals surface area contributed by atoms with Gasteiger partial charge in [0.1, 0.15) is 11.6 Å². The first-order valence-electron chi connectivity index (χ1n) is 6.73. The van der Waals surface area contributed by atoms with Crippen molar-refractivity contribution in [3.63, 3.8) is 0 Å². The summed E-state index contributed by atoms with van der Waals surface area (Å²) >= 11 is 0. The predicted octanol–water partition coefficient (Wildman–Crippen LogP) is 3.00. The number of carbonyl (C=O) groups excluding carboxylic acids is 1. The van der Waals surface area contributed by atoms with Crippen LogP contribution in [0.2, 0.25) is 0 Å². The minimum atomic E-state index is -0.449. The Kier molecular flexibility index (Phi) is 4.81. The molecule has 1 amide bonds. The summed E-state index contributed by atoms with van der Waals surface area (Å²) < 4.78 is 12.8. The van der Waals surface area contributed by atoms with Crippen LogP contribution in [0.25, 0.3) is 0 Å². The van der Waals surface area contributed by atoms with Gasteiger partial charge in [-0.2, -0.15) is 0 Å². The van der Waals surface area contributed by atoms with E-state index in [0.717, 1.165) is 30.5 Å². The Hall–Kier alpha value is -2.50. The maximum Gasteiger partial charge on any atom is 0.260 e. The molecular formula is C15H17FN4O. The lowest BCUT2D eigenvalue weighted by Gasteiger charge is -2.12. The van der Waals surface area contributed by atoms with Crippen LogP contribution in [0.15, 0.2) is 30.6 Å². The van der Waals surface area contributed by atoms with Crippen molar-refractivity contribution in [3.05, 3.63) is 47.7 Å². The van der Waals surface area contributed by atoms with Gasteiger partial charge in [0, 0.05) is 18.4 Å². The lowest BCUT2D eigenvalue weighted by molar-refractivity contribution is 0.102. The molecule has 2 aromatic rings. The number of rotatable bonds is 5. The van der Waals surface area contributed by atoms with E-state index >= 15 is 0 Å². The number of halogens is 1. The van der Waals surface area contributed by atoms with E-state index in [1.165, 1.54) is 18.3 Å². The fourth-order valence-electron chi connectivity index (χ4n) is 1.78. The molecule has 2 rings (SSSR count). The molecule has 21 heavy (non-hydrogen) atoms. The van der Waals surface area contributed by atoms with Gasteiger partial charge in [-0.05, 0) is 31.5 Å². The van der Waals surface area contributed by atoms with Crippen molar-refractivity contribution in [1.29, 1.82) is 0 Å². The Morgan fingerprint density at radius 1 is 1.29 bits per heavy atom. The van der Waals surface area contributed by atoms with Crippen molar-refractivity contribution in [3.8, 4) is 0 Å². The van der Waals surface area contributed by atoms with E-state index in [1.54, 1.807) is 0 Å². The highest BCUT2D eigenvalue weighted by Gasteiger charge is 2.13. The molecule has 0 atom stereocenters. The molecular weight excluding hydrogens is 271 g/mol. The van der Waals surface area contributed by atoms with Crippen LogP contribution in [0.4, 0.5) is 15.9 Å². The molecule has 0 aromatic carbocycles. The topological polar surface area (TPSA) is 66.9 Å². The number of amides is 1. The highest BCUT2D eigenvalue weighted by atomic mass is 19.1. The summed E-state index contributed by atoms with van der Waals surface area (Å²) in [5.74, 6) is -0.487. The van der Waals surface area contributed by atoms with Gasteiger partial charge in [-0.25, -0.2) is 9.37 Å². The van der Waals surface area contributed by atoms with Gasteiger partial charge in [-0.3, -0.25) is 9.78 Å². The average molecular weight is 288 g/mol. The van der Waals surface area contributed by atoms with Crippen LogP contribution in [0.1, 0.15) is 29.4 Å². The smallest absolute Gasteiger partial charge is 0.260 e. The van der Waals surface area contributed by atoms with Crippen LogP contribution in [-0.4, -0.2) is 22.4 Å². The van der Waals surface area contributed by atoms with Crippen molar-refractivity contribution in [2.24, 2.45) is 0 Å². The highest BCUT2D eigenvalue weighted by molar-refractivity contribution is 6.07. The molecule has 0 aliphatic heterocycles. The molecule has 5 nitrogen and oxygen atoms in total. The number of carbonyl (C=O) groups is 1. The third-order valence-corrected chi connectivity index (χ3v) is 2.82. The second-order valence-corrected chi connectivity index (χ2v) is 4.61. The maximum atomic E-state index is 12.8. The van der Waals surface area contributed by atoms with Gasteiger partial charge in [-0.1, -0.05) is 6.92 Å². The molecule has 6 heteroatoms. The Balaban J connectivity index is 2.19. The van der Waals surface area contributed by atoms with Gasteiger partial charge in [0.05, 0.1) is 17.4 Å². The van der Waals surface area contributed by atoms with Crippen molar-refractivity contribution < 1.29 is 9.18 Å². The molecule has 2 heterocycles. The second-order valence-electron chi connectivity index (χ2n) is 4.61. The van der Waals surface area contributed by atoms with Gasteiger partial charge in [-0.15, -0.1) is 0 Å². The van der Waals surface area contributed by atoms with E-state index in [0.29, 0.717) is 11.4 Å². The van der Waals surface area contributed by atoms with Crippen LogP contribution in [0.5, 0.6) is 0 Å². The first-order valence-corrected chi connectivity index (χ1v) is 6.73. The molecule has 0 radical (unpaired) electrons. The van der Waals surface area contributed by atoms with Gasteiger partial charge < -0.3 is 10.6 Å². The summed E-state index contributed by atoms with van der Waals surface area (Å²) in [5.41, 5.74) is 1.98. The molecule has 0 saturated heterocycles. The minimum absolute atomic E-state index is 0.295. The van der Waals surface area contributed by atoms with Gasteiger partial charge in [0.25, 0.3) is 5.91 Å². The van der Waals surface area contributed by atoms with E-state index in [2.05, 4.69) is 20.6 Å². The maximum absolute atomic E-state index is 12.8. The normalized spacial score (nSPS) is 10.2. The molecule has 0 aliphatic carbocycles. The van der Waals surface area contributed by atoms with Gasteiger partial charge >= 0.3 is 0 Å². The van der Waals surface area contributed by atoms with Crippen LogP contribution in [0, 0.1) is 12.7 Å². The first kappa shape index (κ1) is 14.9. The largest absolute Gasteiger partial charge is 0.384 e. The zero-order chi connectivity index (χ0) is 15.2. The summed E-state index contributed by atoms with van der Waals surface area (Å²) in [6, 6.07) is 4.48. The number of aromatic nitrogens is 2. The molecule has 0 fully saturated rings. The second kappa shape index (κ2) is 6.78. The van der Waals surface area contributed by atoms with Gasteiger partial charge in [0.15, 0.2) is 0 Å². The summed E-state index contributed by atoms with van der Waals surface area (Å²) in [7, 11) is 0. The van der Waals surface area contributed by atoms with Crippen LogP contribution in [0.3, 0.4) is 0 Å². The third kappa shape index (κ3) is 3.98. The molecule has 0 unspecified atom stereocenters. The van der Waals surface area contributed by atoms with Crippen molar-refractivity contribution in [1.82, 2.24) is 9.97 Å². The van der Waals surface area contributed by atoms with E-state index in [9.17, 15) is 9.18 Å². The number of hydrogen-bond donors (Lipinski definition) is 2. The standard InChI is InChI=1S/C15H17FN4O/c1-3-6-17-13-7-10(2)18-9-12(13)15(21)20-14-5-4-11(16)8-19-14/h4-5,7-9H,3,6H2,1-2H3,(H,17,18)(H,19,20,21). The van der Waals surface area contributed by atoms with Crippen molar-refractivity contribution in [2.75, 3.05) is 17.2 Å². The van der Waals surface area contributed by atoms with Crippen LogP contribution in [-0.2, 0) is 0 Å². The summed E-state index contributed by atoms with van der Waals surface area (Å²) in [4.78, 5) is 20.2. The summed E-state index contributed by atoms with van der Waals surface area (Å²) in [6.45, 7) is 4.67. The van der Waals surface area contributed by atoms with Crippen LogP contribution < -0.4 is 10.6 Å². The van der Waals surface area contributed by atoms with Crippen molar-refractivity contribution in [2.45, 2.75) is 20.3 Å². The lowest BCUT2D eigenvalue weighted by Crippen LogP contribution is -2.16. The highest BCUT2D eigenvalue weighted by Crippen LogP contribution is 2.17. The first-order chi connectivity index (χ1) is 10.1. The third-order valence-electron chi connectivity index (χ3n) is 2.82. The zero-order valence-electron chi connectivity index (χ0n) is 12.0. The quantitative estimate of drug-likeness (QED) is 0.887. The number of nitrogens with one attached hydrogen (secondary N) is 2. The Morgan fingerprint density at radius 2 is 2.10 bits per heavy atom. The molecule has 110 valence electrons. The van der Waals surface area contributed by atoms with E-state index in [1.807, 2.05) is 19.9 Å². The molecule has 0 spiro atoms. The lowest BCUT2D eigenvalue weighted by atomic mass is 10.2. The van der Waals surface area contributed by atoms with Crippen LogP contribution >= 0.6 is 0 Å². The molecule has 2 aromatic heterocycles.